The maximum absolute atomic E-state index is 11.7. The Morgan fingerprint density at radius 3 is 2.74 bits per heavy atom. The number of carbonyl (C=O) groups excluding carboxylic acids is 1. The molecule has 0 saturated heterocycles. The number of carbonyl (C=O) groups is 1. The number of aryl methyl sites for hydroxylation is 1. The zero-order valence-electron chi connectivity index (χ0n) is 12.3. The van der Waals surface area contributed by atoms with Gasteiger partial charge >= 0.3 is 0 Å². The molecular weight excluding hydrogens is 242 g/mol. The summed E-state index contributed by atoms with van der Waals surface area (Å²) in [7, 11) is 0. The van der Waals surface area contributed by atoms with Crippen LogP contribution in [0.15, 0.2) is 10.6 Å². The van der Waals surface area contributed by atoms with Crippen molar-refractivity contribution < 1.29 is 9.21 Å². The lowest BCUT2D eigenvalue weighted by atomic mass is 9.87. The summed E-state index contributed by atoms with van der Waals surface area (Å²) in [4.78, 5) is 15.8. The molecule has 1 atom stereocenters. The largest absolute Gasteiger partial charge is 0.444 e. The number of nitrogens with zero attached hydrogens (tertiary/aromatic N) is 1. The van der Waals surface area contributed by atoms with E-state index in [0.29, 0.717) is 18.9 Å². The molecule has 0 radical (unpaired) electrons. The lowest BCUT2D eigenvalue weighted by molar-refractivity contribution is -0.121. The molecule has 0 bridgehead atoms. The van der Waals surface area contributed by atoms with Crippen LogP contribution in [0.25, 0.3) is 0 Å². The van der Waals surface area contributed by atoms with E-state index in [9.17, 15) is 4.79 Å². The summed E-state index contributed by atoms with van der Waals surface area (Å²) in [6, 6.07) is -0.115. The predicted octanol–water partition coefficient (Wildman–Crippen LogP) is 2.01. The number of amides is 1. The molecule has 108 valence electrons. The Morgan fingerprint density at radius 1 is 1.53 bits per heavy atom. The van der Waals surface area contributed by atoms with Crippen molar-refractivity contribution in [2.24, 2.45) is 11.1 Å². The van der Waals surface area contributed by atoms with Crippen LogP contribution >= 0.6 is 0 Å². The van der Waals surface area contributed by atoms with Crippen molar-refractivity contribution in [3.8, 4) is 0 Å². The second-order valence-electron chi connectivity index (χ2n) is 6.08. The minimum Gasteiger partial charge on any atom is -0.444 e. The average molecular weight is 267 g/mol. The van der Waals surface area contributed by atoms with Crippen LogP contribution in [0.3, 0.4) is 0 Å². The number of hydrogen-bond acceptors (Lipinski definition) is 4. The fourth-order valence-corrected chi connectivity index (χ4v) is 1.94. The highest BCUT2D eigenvalue weighted by molar-refractivity contribution is 5.76. The summed E-state index contributed by atoms with van der Waals surface area (Å²) in [5.74, 6) is 1.30. The quantitative estimate of drug-likeness (QED) is 0.826. The van der Waals surface area contributed by atoms with Crippen LogP contribution in [0, 0.1) is 5.41 Å². The molecule has 0 spiro atoms. The Balaban J connectivity index is 2.31. The third-order valence-electron chi connectivity index (χ3n) is 2.71. The van der Waals surface area contributed by atoms with Gasteiger partial charge in [-0.15, -0.1) is 0 Å². The first-order valence-corrected chi connectivity index (χ1v) is 6.76. The second-order valence-corrected chi connectivity index (χ2v) is 6.08. The summed E-state index contributed by atoms with van der Waals surface area (Å²) < 4.78 is 5.41. The third kappa shape index (κ3) is 6.38. The zero-order chi connectivity index (χ0) is 14.5. The van der Waals surface area contributed by atoms with Crippen LogP contribution in [0.4, 0.5) is 0 Å². The highest BCUT2D eigenvalue weighted by atomic mass is 16.4. The number of hydrogen-bond donors (Lipinski definition) is 2. The van der Waals surface area contributed by atoms with Crippen LogP contribution in [0.2, 0.25) is 0 Å². The minimum absolute atomic E-state index is 0.0620. The van der Waals surface area contributed by atoms with Gasteiger partial charge in [-0.1, -0.05) is 27.7 Å². The van der Waals surface area contributed by atoms with E-state index in [2.05, 4.69) is 31.1 Å². The van der Waals surface area contributed by atoms with E-state index in [1.54, 1.807) is 6.20 Å². The van der Waals surface area contributed by atoms with E-state index in [4.69, 9.17) is 10.2 Å². The molecule has 0 aliphatic rings. The van der Waals surface area contributed by atoms with Crippen LogP contribution in [-0.2, 0) is 17.8 Å². The molecule has 1 heterocycles. The van der Waals surface area contributed by atoms with Crippen molar-refractivity contribution in [3.05, 3.63) is 17.8 Å². The fourth-order valence-electron chi connectivity index (χ4n) is 1.94. The van der Waals surface area contributed by atoms with Gasteiger partial charge < -0.3 is 15.5 Å². The van der Waals surface area contributed by atoms with Crippen LogP contribution in [0.5, 0.6) is 0 Å². The Hall–Kier alpha value is -1.36. The molecule has 19 heavy (non-hydrogen) atoms. The number of nitrogens with one attached hydrogen (secondary N) is 1. The number of oxazole rings is 1. The molecule has 3 N–H and O–H groups in total. The van der Waals surface area contributed by atoms with Crippen molar-refractivity contribution in [2.45, 2.75) is 59.5 Å². The molecule has 0 fully saturated rings. The van der Waals surface area contributed by atoms with Gasteiger partial charge in [0.1, 0.15) is 5.76 Å². The molecule has 1 amide bonds. The van der Waals surface area contributed by atoms with Gasteiger partial charge in [0.25, 0.3) is 0 Å². The SMILES string of the molecule is CCc1cnc(CNC(=O)CC(N)CC(C)(C)C)o1. The molecule has 5 heteroatoms. The summed E-state index contributed by atoms with van der Waals surface area (Å²) in [6.07, 6.45) is 3.64. The van der Waals surface area contributed by atoms with Gasteiger partial charge in [-0.25, -0.2) is 4.98 Å². The van der Waals surface area contributed by atoms with Gasteiger partial charge in [-0.05, 0) is 11.8 Å². The first-order valence-electron chi connectivity index (χ1n) is 6.76. The highest BCUT2D eigenvalue weighted by Gasteiger charge is 2.18. The molecule has 5 nitrogen and oxygen atoms in total. The van der Waals surface area contributed by atoms with Gasteiger partial charge in [0.15, 0.2) is 0 Å². The van der Waals surface area contributed by atoms with Crippen molar-refractivity contribution in [1.82, 2.24) is 10.3 Å². The smallest absolute Gasteiger partial charge is 0.221 e. The zero-order valence-corrected chi connectivity index (χ0v) is 12.3. The van der Waals surface area contributed by atoms with E-state index < -0.39 is 0 Å². The maximum Gasteiger partial charge on any atom is 0.221 e. The van der Waals surface area contributed by atoms with E-state index >= 15 is 0 Å². The summed E-state index contributed by atoms with van der Waals surface area (Å²) in [6.45, 7) is 8.66. The topological polar surface area (TPSA) is 81.2 Å². The molecule has 0 aromatic carbocycles. The van der Waals surface area contributed by atoms with Crippen molar-refractivity contribution in [2.75, 3.05) is 0 Å². The Labute approximate surface area is 115 Å². The minimum atomic E-state index is -0.115. The van der Waals surface area contributed by atoms with Crippen LogP contribution in [-0.4, -0.2) is 16.9 Å². The summed E-state index contributed by atoms with van der Waals surface area (Å²) >= 11 is 0. The molecule has 1 aromatic rings. The molecule has 1 unspecified atom stereocenters. The van der Waals surface area contributed by atoms with E-state index in [-0.39, 0.29) is 17.4 Å². The van der Waals surface area contributed by atoms with E-state index in [1.165, 1.54) is 0 Å². The first kappa shape index (κ1) is 15.7. The van der Waals surface area contributed by atoms with Gasteiger partial charge in [0.2, 0.25) is 11.8 Å². The molecule has 1 rings (SSSR count). The standard InChI is InChI=1S/C14H25N3O2/c1-5-11-8-17-13(19-11)9-16-12(18)6-10(15)7-14(2,3)4/h8,10H,5-7,9,15H2,1-4H3,(H,16,18). The highest BCUT2D eigenvalue weighted by Crippen LogP contribution is 2.20. The number of aromatic nitrogens is 1. The number of nitrogens with two attached hydrogens (primary N) is 1. The molecule has 0 saturated carbocycles. The maximum atomic E-state index is 11.7. The second kappa shape index (κ2) is 6.70. The lowest BCUT2D eigenvalue weighted by Crippen LogP contribution is -2.34. The average Bonchev–Trinajstić information content (AvgIpc) is 2.71. The summed E-state index contributed by atoms with van der Waals surface area (Å²) in [5, 5.41) is 2.78. The van der Waals surface area contributed by atoms with Crippen molar-refractivity contribution in [1.29, 1.82) is 0 Å². The van der Waals surface area contributed by atoms with Gasteiger partial charge in [0.05, 0.1) is 12.7 Å². The van der Waals surface area contributed by atoms with Crippen LogP contribution < -0.4 is 11.1 Å². The molecule has 0 aliphatic heterocycles. The van der Waals surface area contributed by atoms with Gasteiger partial charge in [0, 0.05) is 18.9 Å². The Kier molecular flexibility index (Phi) is 5.54. The van der Waals surface area contributed by atoms with E-state index in [1.807, 2.05) is 6.92 Å². The predicted molar refractivity (Wildman–Crippen MR) is 74.4 cm³/mol. The third-order valence-corrected chi connectivity index (χ3v) is 2.71. The number of rotatable bonds is 6. The molecule has 1 aromatic heterocycles. The molecular formula is C14H25N3O2. The summed E-state index contributed by atoms with van der Waals surface area (Å²) in [5.41, 5.74) is 6.09. The Bertz CT molecular complexity index is 407. The van der Waals surface area contributed by atoms with Gasteiger partial charge in [-0.3, -0.25) is 4.79 Å². The van der Waals surface area contributed by atoms with Crippen molar-refractivity contribution >= 4 is 5.91 Å². The normalized spacial score (nSPS) is 13.3. The van der Waals surface area contributed by atoms with Gasteiger partial charge in [-0.2, -0.15) is 0 Å². The molecule has 0 aliphatic carbocycles. The lowest BCUT2D eigenvalue weighted by Gasteiger charge is -2.22. The monoisotopic (exact) mass is 267 g/mol. The van der Waals surface area contributed by atoms with E-state index in [0.717, 1.165) is 18.6 Å². The Morgan fingerprint density at radius 2 is 2.21 bits per heavy atom. The first-order chi connectivity index (χ1) is 8.80. The van der Waals surface area contributed by atoms with Crippen molar-refractivity contribution in [3.63, 3.8) is 0 Å². The fraction of sp³-hybridized carbons (Fsp3) is 0.714. The van der Waals surface area contributed by atoms with Crippen LogP contribution in [0.1, 0.15) is 52.2 Å².